The number of hydrogen-bond acceptors (Lipinski definition) is 6. The molecule has 2 aromatic rings. The highest BCUT2D eigenvalue weighted by Gasteiger charge is 2.16. The van der Waals surface area contributed by atoms with Crippen LogP contribution in [0.15, 0.2) is 64.8 Å². The molecule has 30 heavy (non-hydrogen) atoms. The van der Waals surface area contributed by atoms with E-state index in [1.54, 1.807) is 18.3 Å². The Balaban J connectivity index is 1.37. The van der Waals surface area contributed by atoms with E-state index in [0.29, 0.717) is 17.5 Å². The quantitative estimate of drug-likeness (QED) is 0.365. The molecule has 3 N–H and O–H groups in total. The van der Waals surface area contributed by atoms with E-state index >= 15 is 0 Å². The zero-order chi connectivity index (χ0) is 21.0. The Kier molecular flexibility index (Phi) is 8.74. The fraction of sp³-hybridized carbons (Fsp3) is 0.318. The molecule has 1 fully saturated rings. The second kappa shape index (κ2) is 12.0. The highest BCUT2D eigenvalue weighted by Crippen LogP contribution is 2.13. The minimum absolute atomic E-state index is 0.0282. The lowest BCUT2D eigenvalue weighted by molar-refractivity contribution is -0.123. The zero-order valence-electron chi connectivity index (χ0n) is 16.7. The van der Waals surface area contributed by atoms with Gasteiger partial charge in [-0.15, -0.1) is 5.10 Å². The molecule has 0 aromatic heterocycles. The Hall–Kier alpha value is -2.84. The molecular formula is C22H26N4O3S. The van der Waals surface area contributed by atoms with Gasteiger partial charge in [-0.2, -0.15) is 5.10 Å². The molecular weight excluding hydrogens is 400 g/mol. The fourth-order valence-electron chi connectivity index (χ4n) is 2.80. The average Bonchev–Trinajstić information content (AvgIpc) is 3.30. The van der Waals surface area contributed by atoms with Gasteiger partial charge in [0.25, 0.3) is 5.91 Å². The van der Waals surface area contributed by atoms with Crippen molar-refractivity contribution in [2.75, 3.05) is 19.8 Å². The topological polar surface area (TPSA) is 98.3 Å². The predicted octanol–water partition coefficient (Wildman–Crippen LogP) is 2.94. The molecule has 1 unspecified atom stereocenters. The average molecular weight is 427 g/mol. The Morgan fingerprint density at radius 3 is 2.77 bits per heavy atom. The maximum Gasteiger partial charge on any atom is 0.258 e. The maximum absolute atomic E-state index is 11.8. The summed E-state index contributed by atoms with van der Waals surface area (Å²) >= 11 is 1.44. The molecule has 0 radical (unpaired) electrons. The number of nitrogens with zero attached hydrogens (tertiary/aromatic N) is 2. The van der Waals surface area contributed by atoms with E-state index in [2.05, 4.69) is 15.5 Å². The van der Waals surface area contributed by atoms with Crippen molar-refractivity contribution in [2.24, 2.45) is 15.9 Å². The fourth-order valence-corrected chi connectivity index (χ4v) is 3.41. The number of hydrogen-bond donors (Lipinski definition) is 2. The molecule has 1 atom stereocenters. The van der Waals surface area contributed by atoms with Crippen molar-refractivity contribution in [2.45, 2.75) is 24.7 Å². The van der Waals surface area contributed by atoms with Crippen LogP contribution < -0.4 is 15.8 Å². The highest BCUT2D eigenvalue weighted by molar-refractivity contribution is 8.13. The Labute approximate surface area is 180 Å². The molecule has 8 heteroatoms. The van der Waals surface area contributed by atoms with Crippen molar-refractivity contribution in [3.8, 4) is 5.75 Å². The van der Waals surface area contributed by atoms with Crippen molar-refractivity contribution >= 4 is 29.1 Å². The number of benzene rings is 2. The van der Waals surface area contributed by atoms with Crippen LogP contribution >= 0.6 is 11.8 Å². The van der Waals surface area contributed by atoms with E-state index in [0.717, 1.165) is 30.8 Å². The molecule has 1 heterocycles. The minimum atomic E-state index is -0.158. The first-order valence-electron chi connectivity index (χ1n) is 9.83. The van der Waals surface area contributed by atoms with E-state index in [-0.39, 0.29) is 18.6 Å². The van der Waals surface area contributed by atoms with Gasteiger partial charge in [0.15, 0.2) is 11.8 Å². The summed E-state index contributed by atoms with van der Waals surface area (Å²) in [6.07, 6.45) is 3.79. The molecule has 0 spiro atoms. The van der Waals surface area contributed by atoms with Crippen molar-refractivity contribution < 1.29 is 14.3 Å². The van der Waals surface area contributed by atoms with Crippen molar-refractivity contribution in [3.05, 3.63) is 65.7 Å². The lowest BCUT2D eigenvalue weighted by Crippen LogP contribution is -2.35. The van der Waals surface area contributed by atoms with Crippen molar-refractivity contribution in [1.82, 2.24) is 5.32 Å². The van der Waals surface area contributed by atoms with Gasteiger partial charge in [0.05, 0.1) is 12.3 Å². The summed E-state index contributed by atoms with van der Waals surface area (Å²) in [5, 5.41) is 11.3. The molecule has 0 bridgehead atoms. The summed E-state index contributed by atoms with van der Waals surface area (Å²) in [7, 11) is 0. The van der Waals surface area contributed by atoms with Gasteiger partial charge in [0.1, 0.15) is 5.75 Å². The van der Waals surface area contributed by atoms with Gasteiger partial charge in [0.2, 0.25) is 0 Å². The number of amidine groups is 1. The molecule has 7 nitrogen and oxygen atoms in total. The summed E-state index contributed by atoms with van der Waals surface area (Å²) in [6, 6.07) is 17.3. The van der Waals surface area contributed by atoms with Crippen LogP contribution in [0.1, 0.15) is 24.0 Å². The lowest BCUT2D eigenvalue weighted by atomic mass is 10.2. The van der Waals surface area contributed by atoms with Crippen LogP contribution in [-0.4, -0.2) is 43.2 Å². The zero-order valence-corrected chi connectivity index (χ0v) is 17.5. The molecule has 158 valence electrons. The van der Waals surface area contributed by atoms with Crippen molar-refractivity contribution in [1.29, 1.82) is 0 Å². The molecule has 1 aliphatic rings. The number of carbonyl (C=O) groups excluding carboxylic acids is 1. The highest BCUT2D eigenvalue weighted by atomic mass is 32.2. The van der Waals surface area contributed by atoms with E-state index in [4.69, 9.17) is 15.2 Å². The number of ether oxygens (including phenoxy) is 2. The summed E-state index contributed by atoms with van der Waals surface area (Å²) in [4.78, 5) is 11.8. The molecule has 2 aromatic carbocycles. The minimum Gasteiger partial charge on any atom is -0.484 e. The van der Waals surface area contributed by atoms with E-state index in [1.807, 2.05) is 42.5 Å². The number of amides is 1. The first kappa shape index (κ1) is 21.9. The van der Waals surface area contributed by atoms with Crippen LogP contribution in [0.25, 0.3) is 0 Å². The number of nitrogens with one attached hydrogen (secondary N) is 1. The third-order valence-electron chi connectivity index (χ3n) is 4.39. The van der Waals surface area contributed by atoms with Gasteiger partial charge in [-0.3, -0.25) is 4.79 Å². The molecule has 0 aliphatic carbocycles. The van der Waals surface area contributed by atoms with Crippen LogP contribution in [0.2, 0.25) is 0 Å². The number of thioether (sulfide) groups is 1. The molecule has 3 rings (SSSR count). The van der Waals surface area contributed by atoms with Crippen molar-refractivity contribution in [3.63, 3.8) is 0 Å². The van der Waals surface area contributed by atoms with Gasteiger partial charge in [-0.1, -0.05) is 42.1 Å². The summed E-state index contributed by atoms with van der Waals surface area (Å²) in [5.74, 6) is 1.20. The number of carbonyl (C=O) groups is 1. The Morgan fingerprint density at radius 2 is 2.03 bits per heavy atom. The third-order valence-corrected chi connectivity index (χ3v) is 5.25. The lowest BCUT2D eigenvalue weighted by Gasteiger charge is -2.11. The third kappa shape index (κ3) is 7.88. The van der Waals surface area contributed by atoms with Gasteiger partial charge in [-0.05, 0) is 48.2 Å². The smallest absolute Gasteiger partial charge is 0.258 e. The van der Waals surface area contributed by atoms with Gasteiger partial charge >= 0.3 is 0 Å². The molecule has 1 saturated heterocycles. The number of nitrogens with two attached hydrogens (primary N) is 1. The van der Waals surface area contributed by atoms with Crippen LogP contribution in [0.4, 0.5) is 0 Å². The largest absolute Gasteiger partial charge is 0.484 e. The number of rotatable bonds is 9. The monoisotopic (exact) mass is 426 g/mol. The van der Waals surface area contributed by atoms with Crippen LogP contribution in [0, 0.1) is 0 Å². The predicted molar refractivity (Wildman–Crippen MR) is 121 cm³/mol. The normalized spacial score (nSPS) is 16.7. The standard InChI is InChI=1S/C22H26N4O3S/c23-22(30-16-18-5-2-1-3-6-18)26-25-13-17-8-10-19(11-9-17)29-15-21(27)24-14-20-7-4-12-28-20/h1-3,5-6,8-11,13,20H,4,7,12,14-16H2,(H2,23,26)(H,24,27). The first-order chi connectivity index (χ1) is 14.7. The SMILES string of the molecule is NC(=NN=Cc1ccc(OCC(=O)NCC2CCCO2)cc1)SCc1ccccc1. The summed E-state index contributed by atoms with van der Waals surface area (Å²) in [6.45, 7) is 1.28. The van der Waals surface area contributed by atoms with E-state index in [9.17, 15) is 4.79 Å². The van der Waals surface area contributed by atoms with Crippen LogP contribution in [-0.2, 0) is 15.3 Å². The second-order valence-electron chi connectivity index (χ2n) is 6.75. The van der Waals surface area contributed by atoms with Gasteiger partial charge < -0.3 is 20.5 Å². The molecule has 1 amide bonds. The van der Waals surface area contributed by atoms with Crippen LogP contribution in [0.5, 0.6) is 5.75 Å². The van der Waals surface area contributed by atoms with Gasteiger partial charge in [-0.25, -0.2) is 0 Å². The van der Waals surface area contributed by atoms with E-state index in [1.165, 1.54) is 17.3 Å². The summed E-state index contributed by atoms with van der Waals surface area (Å²) < 4.78 is 11.0. The second-order valence-corrected chi connectivity index (χ2v) is 7.75. The Bertz CT molecular complexity index is 850. The molecule has 0 saturated carbocycles. The van der Waals surface area contributed by atoms with Crippen LogP contribution in [0.3, 0.4) is 0 Å². The Morgan fingerprint density at radius 1 is 1.23 bits per heavy atom. The first-order valence-corrected chi connectivity index (χ1v) is 10.8. The molecule has 1 aliphatic heterocycles. The van der Waals surface area contributed by atoms with Gasteiger partial charge in [0, 0.05) is 18.9 Å². The summed E-state index contributed by atoms with van der Waals surface area (Å²) in [5.41, 5.74) is 7.91. The van der Waals surface area contributed by atoms with E-state index < -0.39 is 0 Å². The maximum atomic E-state index is 11.8.